The van der Waals surface area contributed by atoms with Crippen LogP contribution in [0.1, 0.15) is 46.4 Å². The molecule has 0 atom stereocenters. The number of carbonyl (C=O) groups is 6. The van der Waals surface area contributed by atoms with Crippen LogP contribution in [-0.4, -0.2) is 60.5 Å². The number of ketones is 2. The molecule has 1 heterocycles. The zero-order valence-electron chi connectivity index (χ0n) is 15.3. The summed E-state index contributed by atoms with van der Waals surface area (Å²) < 4.78 is 9.14. The van der Waals surface area contributed by atoms with Crippen LogP contribution in [0.4, 0.5) is 0 Å². The Kier molecular flexibility index (Phi) is 7.14. The number of hydrogen-bond donors (Lipinski definition) is 0. The third-order valence-electron chi connectivity index (χ3n) is 4.05. The summed E-state index contributed by atoms with van der Waals surface area (Å²) in [5.74, 6) is -3.33. The van der Waals surface area contributed by atoms with Crippen molar-refractivity contribution in [3.05, 3.63) is 35.4 Å². The molecule has 28 heavy (non-hydrogen) atoms. The molecule has 1 aromatic carbocycles. The van der Waals surface area contributed by atoms with Crippen molar-refractivity contribution in [2.75, 3.05) is 20.3 Å². The SMILES string of the molecule is COC(=O)CCC(=O)COC(=O)CCC(=O)CN1C(=O)c2ccccc2C1=O. The van der Waals surface area contributed by atoms with Crippen LogP contribution in [-0.2, 0) is 28.7 Å². The number of amides is 2. The van der Waals surface area contributed by atoms with Gasteiger partial charge in [-0.3, -0.25) is 33.7 Å². The summed E-state index contributed by atoms with van der Waals surface area (Å²) in [4.78, 5) is 71.3. The third-order valence-corrected chi connectivity index (χ3v) is 4.05. The number of hydrogen-bond acceptors (Lipinski definition) is 8. The van der Waals surface area contributed by atoms with E-state index in [1.807, 2.05) is 0 Å². The van der Waals surface area contributed by atoms with Crippen molar-refractivity contribution in [2.24, 2.45) is 0 Å². The van der Waals surface area contributed by atoms with Gasteiger partial charge in [-0.05, 0) is 12.1 Å². The van der Waals surface area contributed by atoms with E-state index in [2.05, 4.69) is 4.74 Å². The topological polar surface area (TPSA) is 124 Å². The van der Waals surface area contributed by atoms with E-state index < -0.39 is 48.5 Å². The van der Waals surface area contributed by atoms with Crippen LogP contribution in [0, 0.1) is 0 Å². The lowest BCUT2D eigenvalue weighted by molar-refractivity contribution is -0.149. The molecular weight excluding hydrogens is 370 g/mol. The smallest absolute Gasteiger partial charge is 0.306 e. The minimum absolute atomic E-state index is 0.106. The number of benzene rings is 1. The van der Waals surface area contributed by atoms with Crippen LogP contribution in [0.2, 0.25) is 0 Å². The minimum atomic E-state index is -0.762. The second kappa shape index (κ2) is 9.54. The van der Waals surface area contributed by atoms with E-state index in [-0.39, 0.29) is 36.8 Å². The van der Waals surface area contributed by atoms with Crippen molar-refractivity contribution in [2.45, 2.75) is 25.7 Å². The Bertz CT molecular complexity index is 794. The summed E-state index contributed by atoms with van der Waals surface area (Å²) in [5, 5.41) is 0. The van der Waals surface area contributed by atoms with Gasteiger partial charge in [0.15, 0.2) is 11.6 Å². The first-order valence-electron chi connectivity index (χ1n) is 8.54. The highest BCUT2D eigenvalue weighted by Crippen LogP contribution is 2.22. The Morgan fingerprint density at radius 3 is 1.93 bits per heavy atom. The van der Waals surface area contributed by atoms with Gasteiger partial charge in [0.1, 0.15) is 6.61 Å². The lowest BCUT2D eigenvalue weighted by Gasteiger charge is -2.12. The molecular formula is C19H19NO8. The lowest BCUT2D eigenvalue weighted by atomic mass is 10.1. The van der Waals surface area contributed by atoms with Gasteiger partial charge in [0.05, 0.1) is 37.6 Å². The van der Waals surface area contributed by atoms with Gasteiger partial charge in [-0.1, -0.05) is 12.1 Å². The first-order chi connectivity index (χ1) is 13.3. The number of esters is 2. The second-order valence-electron chi connectivity index (χ2n) is 6.06. The predicted molar refractivity (Wildman–Crippen MR) is 93.3 cm³/mol. The van der Waals surface area contributed by atoms with E-state index in [0.29, 0.717) is 0 Å². The third kappa shape index (κ3) is 5.32. The molecule has 0 N–H and O–H groups in total. The molecule has 0 unspecified atom stereocenters. The molecule has 1 aliphatic heterocycles. The highest BCUT2D eigenvalue weighted by molar-refractivity contribution is 6.22. The normalized spacial score (nSPS) is 12.5. The fraction of sp³-hybridized carbons (Fsp3) is 0.368. The van der Waals surface area contributed by atoms with E-state index in [1.54, 1.807) is 12.1 Å². The average Bonchev–Trinajstić information content (AvgIpc) is 2.94. The molecule has 148 valence electrons. The van der Waals surface area contributed by atoms with E-state index >= 15 is 0 Å². The standard InChI is InChI=1S/C19H19NO8/c1-27-16(23)8-7-13(22)11-28-17(24)9-6-12(21)10-20-18(25)14-4-2-3-5-15(14)19(20)26/h2-5H,6-11H2,1H3. The molecule has 0 fully saturated rings. The van der Waals surface area contributed by atoms with Crippen molar-refractivity contribution in [1.29, 1.82) is 0 Å². The van der Waals surface area contributed by atoms with E-state index in [9.17, 15) is 28.8 Å². The van der Waals surface area contributed by atoms with Crippen molar-refractivity contribution >= 4 is 35.3 Å². The van der Waals surface area contributed by atoms with Gasteiger partial charge in [-0.2, -0.15) is 0 Å². The minimum Gasteiger partial charge on any atom is -0.469 e. The van der Waals surface area contributed by atoms with Crippen LogP contribution in [0.15, 0.2) is 24.3 Å². The quantitative estimate of drug-likeness (QED) is 0.423. The molecule has 0 aliphatic carbocycles. The molecule has 9 nitrogen and oxygen atoms in total. The van der Waals surface area contributed by atoms with Crippen molar-refractivity contribution < 1.29 is 38.2 Å². The predicted octanol–water partition coefficient (Wildman–Crippen LogP) is 0.697. The number of fused-ring (bicyclic) bond motifs is 1. The molecule has 1 aliphatic rings. The van der Waals surface area contributed by atoms with Crippen LogP contribution < -0.4 is 0 Å². The van der Waals surface area contributed by atoms with Gasteiger partial charge in [-0.15, -0.1) is 0 Å². The Morgan fingerprint density at radius 1 is 0.821 bits per heavy atom. The maximum atomic E-state index is 12.2. The highest BCUT2D eigenvalue weighted by atomic mass is 16.5. The van der Waals surface area contributed by atoms with Gasteiger partial charge >= 0.3 is 11.9 Å². The fourth-order valence-corrected chi connectivity index (χ4v) is 2.53. The number of nitrogens with zero attached hydrogens (tertiary/aromatic N) is 1. The Labute approximate surface area is 160 Å². The van der Waals surface area contributed by atoms with Crippen molar-refractivity contribution in [3.63, 3.8) is 0 Å². The monoisotopic (exact) mass is 389 g/mol. The molecule has 2 rings (SSSR count). The summed E-state index contributed by atoms with van der Waals surface area (Å²) in [6.07, 6.45) is -0.737. The van der Waals surface area contributed by atoms with Crippen molar-refractivity contribution in [1.82, 2.24) is 4.90 Å². The van der Waals surface area contributed by atoms with Gasteiger partial charge < -0.3 is 9.47 Å². The maximum absolute atomic E-state index is 12.2. The zero-order valence-corrected chi connectivity index (χ0v) is 15.3. The number of rotatable bonds is 10. The number of imide groups is 1. The fourth-order valence-electron chi connectivity index (χ4n) is 2.53. The van der Waals surface area contributed by atoms with Gasteiger partial charge in [0.25, 0.3) is 11.8 Å². The van der Waals surface area contributed by atoms with Crippen molar-refractivity contribution in [3.8, 4) is 0 Å². The Morgan fingerprint density at radius 2 is 1.36 bits per heavy atom. The van der Waals surface area contributed by atoms with Gasteiger partial charge in [0.2, 0.25) is 0 Å². The Balaban J connectivity index is 1.72. The van der Waals surface area contributed by atoms with Gasteiger partial charge in [-0.25, -0.2) is 0 Å². The van der Waals surface area contributed by atoms with Crippen LogP contribution in [0.3, 0.4) is 0 Å². The summed E-state index contributed by atoms with van der Waals surface area (Å²) in [6.45, 7) is -0.930. The van der Waals surface area contributed by atoms with Gasteiger partial charge in [0, 0.05) is 12.8 Å². The largest absolute Gasteiger partial charge is 0.469 e. The molecule has 0 bridgehead atoms. The summed E-state index contributed by atoms with van der Waals surface area (Å²) >= 11 is 0. The molecule has 9 heteroatoms. The summed E-state index contributed by atoms with van der Waals surface area (Å²) in [6, 6.07) is 6.26. The molecule has 0 radical (unpaired) electrons. The zero-order chi connectivity index (χ0) is 20.7. The van der Waals surface area contributed by atoms with Crippen LogP contribution in [0.25, 0.3) is 0 Å². The second-order valence-corrected chi connectivity index (χ2v) is 6.06. The Hall–Kier alpha value is -3.36. The van der Waals surface area contributed by atoms with E-state index in [1.165, 1.54) is 19.2 Å². The first-order valence-corrected chi connectivity index (χ1v) is 8.54. The average molecular weight is 389 g/mol. The van der Waals surface area contributed by atoms with E-state index in [0.717, 1.165) is 4.90 Å². The summed E-state index contributed by atoms with van der Waals surface area (Å²) in [7, 11) is 1.20. The first kappa shape index (κ1) is 20.9. The lowest BCUT2D eigenvalue weighted by Crippen LogP contribution is -2.35. The molecule has 1 aromatic rings. The molecule has 0 saturated carbocycles. The van der Waals surface area contributed by atoms with Crippen LogP contribution in [0.5, 0.6) is 0 Å². The van der Waals surface area contributed by atoms with E-state index in [4.69, 9.17) is 4.74 Å². The maximum Gasteiger partial charge on any atom is 0.306 e. The number of Topliss-reactive ketones (excluding diaryl/α,β-unsaturated/α-hetero) is 2. The molecule has 0 aromatic heterocycles. The van der Waals surface area contributed by atoms with Crippen LogP contribution >= 0.6 is 0 Å². The number of methoxy groups -OCH3 is 1. The number of carbonyl (C=O) groups excluding carboxylic acids is 6. The highest BCUT2D eigenvalue weighted by Gasteiger charge is 2.36. The molecule has 0 saturated heterocycles. The molecule has 2 amide bonds. The molecule has 0 spiro atoms. The summed E-state index contributed by atoms with van der Waals surface area (Å²) in [5.41, 5.74) is 0.482. The number of ether oxygens (including phenoxy) is 2.